The van der Waals surface area contributed by atoms with Gasteiger partial charge in [-0.15, -0.1) is 0 Å². The van der Waals surface area contributed by atoms with E-state index in [1.807, 2.05) is 28.0 Å². The predicted octanol–water partition coefficient (Wildman–Crippen LogP) is 2.10. The third kappa shape index (κ3) is 4.01. The molecule has 1 unspecified atom stereocenters. The van der Waals surface area contributed by atoms with E-state index in [0.29, 0.717) is 11.8 Å². The van der Waals surface area contributed by atoms with Gasteiger partial charge < -0.3 is 9.32 Å². The Balaban J connectivity index is 1.50. The van der Waals surface area contributed by atoms with E-state index in [2.05, 4.69) is 16.9 Å². The molecule has 2 aromatic heterocycles. The average molecular weight is 316 g/mol. The largest absolute Gasteiger partial charge is 0.459 e. The van der Waals surface area contributed by atoms with Gasteiger partial charge in [0.2, 0.25) is 0 Å². The van der Waals surface area contributed by atoms with Gasteiger partial charge in [0.15, 0.2) is 5.76 Å². The molecule has 0 N–H and O–H groups in total. The SMILES string of the molecule is CC(CCn1cccn1)N1CCCN(C(=O)c2ccco2)CC1. The van der Waals surface area contributed by atoms with Crippen molar-refractivity contribution in [1.29, 1.82) is 0 Å². The Morgan fingerprint density at radius 2 is 2.22 bits per heavy atom. The number of carbonyl (C=O) groups excluding carboxylic acids is 1. The highest BCUT2D eigenvalue weighted by molar-refractivity contribution is 5.91. The number of rotatable bonds is 5. The van der Waals surface area contributed by atoms with Gasteiger partial charge in [-0.25, -0.2) is 0 Å². The Morgan fingerprint density at radius 1 is 1.30 bits per heavy atom. The van der Waals surface area contributed by atoms with Gasteiger partial charge in [0.05, 0.1) is 6.26 Å². The minimum absolute atomic E-state index is 0.000967. The minimum atomic E-state index is 0.000967. The molecule has 2 aromatic rings. The summed E-state index contributed by atoms with van der Waals surface area (Å²) in [5.74, 6) is 0.436. The molecule has 3 heterocycles. The van der Waals surface area contributed by atoms with E-state index in [1.54, 1.807) is 18.4 Å². The van der Waals surface area contributed by atoms with E-state index >= 15 is 0 Å². The number of carbonyl (C=O) groups is 1. The molecule has 0 radical (unpaired) electrons. The number of aryl methyl sites for hydroxylation is 1. The van der Waals surface area contributed by atoms with E-state index in [-0.39, 0.29) is 5.91 Å². The standard InChI is InChI=1S/C17H24N4O2/c1-15(6-11-21-10-3-7-18-21)19-8-4-9-20(13-12-19)17(22)16-5-2-14-23-16/h2-3,5,7,10,14-15H,4,6,8-9,11-13H2,1H3. The molecule has 1 aliphatic rings. The first kappa shape index (κ1) is 15.8. The molecule has 0 aromatic carbocycles. The van der Waals surface area contributed by atoms with Crippen molar-refractivity contribution in [3.8, 4) is 0 Å². The summed E-state index contributed by atoms with van der Waals surface area (Å²) < 4.78 is 7.20. The second kappa shape index (κ2) is 7.46. The molecule has 0 aliphatic carbocycles. The highest BCUT2D eigenvalue weighted by Crippen LogP contribution is 2.13. The summed E-state index contributed by atoms with van der Waals surface area (Å²) in [6.45, 7) is 6.68. The maximum Gasteiger partial charge on any atom is 0.289 e. The molecule has 6 nitrogen and oxygen atoms in total. The van der Waals surface area contributed by atoms with Crippen LogP contribution >= 0.6 is 0 Å². The van der Waals surface area contributed by atoms with Crippen molar-refractivity contribution < 1.29 is 9.21 Å². The van der Waals surface area contributed by atoms with Crippen LogP contribution in [-0.4, -0.2) is 57.7 Å². The quantitative estimate of drug-likeness (QED) is 0.848. The molecule has 0 saturated carbocycles. The van der Waals surface area contributed by atoms with Crippen LogP contribution in [-0.2, 0) is 6.54 Å². The van der Waals surface area contributed by atoms with Gasteiger partial charge in [0.25, 0.3) is 5.91 Å². The van der Waals surface area contributed by atoms with E-state index in [1.165, 1.54) is 0 Å². The van der Waals surface area contributed by atoms with E-state index < -0.39 is 0 Å². The molecule has 1 saturated heterocycles. The Labute approximate surface area is 136 Å². The first-order chi connectivity index (χ1) is 11.2. The lowest BCUT2D eigenvalue weighted by Gasteiger charge is -2.27. The van der Waals surface area contributed by atoms with Crippen molar-refractivity contribution in [2.24, 2.45) is 0 Å². The minimum Gasteiger partial charge on any atom is -0.459 e. The lowest BCUT2D eigenvalue weighted by Crippen LogP contribution is -2.38. The summed E-state index contributed by atoms with van der Waals surface area (Å²) in [4.78, 5) is 16.7. The maximum absolute atomic E-state index is 12.4. The lowest BCUT2D eigenvalue weighted by atomic mass is 10.2. The fourth-order valence-corrected chi connectivity index (χ4v) is 3.07. The van der Waals surface area contributed by atoms with Gasteiger partial charge in [0.1, 0.15) is 0 Å². The zero-order valence-corrected chi connectivity index (χ0v) is 13.6. The van der Waals surface area contributed by atoms with Crippen LogP contribution in [0.4, 0.5) is 0 Å². The number of hydrogen-bond donors (Lipinski definition) is 0. The van der Waals surface area contributed by atoms with Crippen molar-refractivity contribution >= 4 is 5.91 Å². The number of amides is 1. The van der Waals surface area contributed by atoms with Crippen LogP contribution in [0.3, 0.4) is 0 Å². The molecule has 6 heteroatoms. The average Bonchev–Trinajstić information content (AvgIpc) is 3.22. The van der Waals surface area contributed by atoms with Crippen LogP contribution in [0.1, 0.15) is 30.3 Å². The van der Waals surface area contributed by atoms with Gasteiger partial charge in [-0.1, -0.05) is 0 Å². The summed E-state index contributed by atoms with van der Waals surface area (Å²) in [7, 11) is 0. The Bertz CT molecular complexity index is 594. The third-order valence-corrected chi connectivity index (χ3v) is 4.51. The lowest BCUT2D eigenvalue weighted by molar-refractivity contribution is 0.0726. The number of furan rings is 1. The van der Waals surface area contributed by atoms with Gasteiger partial charge in [0, 0.05) is 51.2 Å². The molecular weight excluding hydrogens is 292 g/mol. The molecule has 1 atom stereocenters. The summed E-state index contributed by atoms with van der Waals surface area (Å²) in [6.07, 6.45) is 7.43. The second-order valence-electron chi connectivity index (χ2n) is 6.07. The van der Waals surface area contributed by atoms with E-state index in [4.69, 9.17) is 4.42 Å². The first-order valence-corrected chi connectivity index (χ1v) is 8.28. The van der Waals surface area contributed by atoms with Crippen molar-refractivity contribution in [2.45, 2.75) is 32.4 Å². The van der Waals surface area contributed by atoms with Gasteiger partial charge in [-0.3, -0.25) is 14.4 Å². The highest BCUT2D eigenvalue weighted by atomic mass is 16.3. The van der Waals surface area contributed by atoms with Crippen LogP contribution in [0.15, 0.2) is 41.3 Å². The van der Waals surface area contributed by atoms with Crippen LogP contribution in [0.25, 0.3) is 0 Å². The number of nitrogens with zero attached hydrogens (tertiary/aromatic N) is 4. The number of aromatic nitrogens is 2. The summed E-state index contributed by atoms with van der Waals surface area (Å²) in [5, 5.41) is 4.25. The second-order valence-corrected chi connectivity index (χ2v) is 6.07. The predicted molar refractivity (Wildman–Crippen MR) is 87.1 cm³/mol. The molecule has 0 spiro atoms. The fraction of sp³-hybridized carbons (Fsp3) is 0.529. The summed E-state index contributed by atoms with van der Waals surface area (Å²) in [6, 6.07) is 5.93. The van der Waals surface area contributed by atoms with E-state index in [0.717, 1.165) is 45.6 Å². The molecule has 23 heavy (non-hydrogen) atoms. The third-order valence-electron chi connectivity index (χ3n) is 4.51. The summed E-state index contributed by atoms with van der Waals surface area (Å²) >= 11 is 0. The molecule has 1 fully saturated rings. The zero-order chi connectivity index (χ0) is 16.1. The Kier molecular flexibility index (Phi) is 5.12. The van der Waals surface area contributed by atoms with Crippen molar-refractivity contribution in [3.63, 3.8) is 0 Å². The number of hydrogen-bond acceptors (Lipinski definition) is 4. The Hall–Kier alpha value is -2.08. The van der Waals surface area contributed by atoms with Gasteiger partial charge in [-0.05, 0) is 38.0 Å². The monoisotopic (exact) mass is 316 g/mol. The van der Waals surface area contributed by atoms with Gasteiger partial charge >= 0.3 is 0 Å². The van der Waals surface area contributed by atoms with E-state index in [9.17, 15) is 4.79 Å². The molecule has 1 aliphatic heterocycles. The van der Waals surface area contributed by atoms with Gasteiger partial charge in [-0.2, -0.15) is 5.10 Å². The fourth-order valence-electron chi connectivity index (χ4n) is 3.07. The van der Waals surface area contributed by atoms with Crippen LogP contribution < -0.4 is 0 Å². The van der Waals surface area contributed by atoms with Crippen LogP contribution in [0.5, 0.6) is 0 Å². The highest BCUT2D eigenvalue weighted by Gasteiger charge is 2.23. The topological polar surface area (TPSA) is 54.5 Å². The van der Waals surface area contributed by atoms with Crippen LogP contribution in [0, 0.1) is 0 Å². The molecule has 3 rings (SSSR count). The molecule has 0 bridgehead atoms. The Morgan fingerprint density at radius 3 is 2.96 bits per heavy atom. The normalized spacial score (nSPS) is 17.9. The van der Waals surface area contributed by atoms with Crippen LogP contribution in [0.2, 0.25) is 0 Å². The smallest absolute Gasteiger partial charge is 0.289 e. The van der Waals surface area contributed by atoms with Crippen molar-refractivity contribution in [3.05, 3.63) is 42.6 Å². The molecule has 1 amide bonds. The van der Waals surface area contributed by atoms with Crippen molar-refractivity contribution in [2.75, 3.05) is 26.2 Å². The molecule has 124 valence electrons. The maximum atomic E-state index is 12.4. The molecular formula is C17H24N4O2. The zero-order valence-electron chi connectivity index (χ0n) is 13.6. The summed E-state index contributed by atoms with van der Waals surface area (Å²) in [5.41, 5.74) is 0. The van der Waals surface area contributed by atoms with Crippen molar-refractivity contribution in [1.82, 2.24) is 19.6 Å². The first-order valence-electron chi connectivity index (χ1n) is 8.28.